The fourth-order valence-corrected chi connectivity index (χ4v) is 4.28. The molecule has 1 aromatic carbocycles. The minimum absolute atomic E-state index is 0.0109. The molecule has 0 atom stereocenters. The average Bonchev–Trinajstić information content (AvgIpc) is 3.51. The van der Waals surface area contributed by atoms with Crippen molar-refractivity contribution in [1.29, 1.82) is 0 Å². The molecule has 2 fully saturated rings. The molecule has 1 aliphatic carbocycles. The molecule has 1 saturated carbocycles. The lowest BCUT2D eigenvalue weighted by Gasteiger charge is -2.32. The molecule has 2 aliphatic rings. The van der Waals surface area contributed by atoms with Gasteiger partial charge in [0.2, 0.25) is 0 Å². The summed E-state index contributed by atoms with van der Waals surface area (Å²) >= 11 is 0. The van der Waals surface area contributed by atoms with E-state index in [0.29, 0.717) is 25.9 Å². The minimum atomic E-state index is -0.575. The average molecular weight is 422 g/mol. The van der Waals surface area contributed by atoms with Gasteiger partial charge in [0.15, 0.2) is 0 Å². The summed E-state index contributed by atoms with van der Waals surface area (Å²) in [6.45, 7) is 2.08. The summed E-state index contributed by atoms with van der Waals surface area (Å²) in [4.78, 5) is 40.6. The quantitative estimate of drug-likeness (QED) is 0.682. The summed E-state index contributed by atoms with van der Waals surface area (Å²) in [6.07, 6.45) is 7.38. The van der Waals surface area contributed by atoms with Gasteiger partial charge in [-0.2, -0.15) is 0 Å². The van der Waals surface area contributed by atoms with Crippen LogP contribution in [0.1, 0.15) is 36.0 Å². The lowest BCUT2D eigenvalue weighted by Crippen LogP contribution is -2.45. The predicted molar refractivity (Wildman–Crippen MR) is 117 cm³/mol. The smallest absolute Gasteiger partial charge is 0.328 e. The number of hydrogen-bond acceptors (Lipinski definition) is 4. The molecule has 162 valence electrons. The molecule has 2 aromatic heterocycles. The summed E-state index contributed by atoms with van der Waals surface area (Å²) in [5.41, 5.74) is 0.0810. The molecule has 0 bridgehead atoms. The van der Waals surface area contributed by atoms with Crippen LogP contribution in [0, 0.1) is 5.92 Å². The van der Waals surface area contributed by atoms with Crippen molar-refractivity contribution in [3.8, 4) is 5.75 Å². The number of H-pyrrole nitrogens is 1. The third-order valence-corrected chi connectivity index (χ3v) is 6.36. The van der Waals surface area contributed by atoms with Crippen LogP contribution in [-0.2, 0) is 13.6 Å². The van der Waals surface area contributed by atoms with Crippen molar-refractivity contribution in [2.24, 2.45) is 13.0 Å². The van der Waals surface area contributed by atoms with Crippen molar-refractivity contribution >= 4 is 16.8 Å². The zero-order chi connectivity index (χ0) is 21.5. The fourth-order valence-electron chi connectivity index (χ4n) is 4.28. The van der Waals surface area contributed by atoms with Crippen LogP contribution in [-0.4, -0.2) is 44.1 Å². The first-order valence-corrected chi connectivity index (χ1v) is 10.8. The maximum Gasteiger partial charge on any atom is 0.328 e. The van der Waals surface area contributed by atoms with Gasteiger partial charge < -0.3 is 19.2 Å². The van der Waals surface area contributed by atoms with Crippen LogP contribution in [0.2, 0.25) is 0 Å². The number of hydrogen-bond donors (Lipinski definition) is 1. The molecular formula is C23H26N4O4. The van der Waals surface area contributed by atoms with Gasteiger partial charge in [-0.1, -0.05) is 6.07 Å². The van der Waals surface area contributed by atoms with Crippen LogP contribution in [0.4, 0.5) is 0 Å². The molecule has 8 nitrogen and oxygen atoms in total. The maximum absolute atomic E-state index is 12.8. The van der Waals surface area contributed by atoms with Crippen molar-refractivity contribution < 1.29 is 9.53 Å². The first-order valence-electron chi connectivity index (χ1n) is 10.8. The summed E-state index contributed by atoms with van der Waals surface area (Å²) in [6, 6.07) is 8.30. The highest BCUT2D eigenvalue weighted by Crippen LogP contribution is 2.34. The molecule has 3 heterocycles. The Kier molecular flexibility index (Phi) is 4.92. The number of carbonyl (C=O) groups is 1. The van der Waals surface area contributed by atoms with Crippen LogP contribution < -0.4 is 16.0 Å². The Morgan fingerprint density at radius 2 is 1.90 bits per heavy atom. The third-order valence-electron chi connectivity index (χ3n) is 6.36. The molecule has 31 heavy (non-hydrogen) atoms. The van der Waals surface area contributed by atoms with E-state index in [1.807, 2.05) is 12.1 Å². The highest BCUT2D eigenvalue weighted by molar-refractivity contribution is 5.93. The van der Waals surface area contributed by atoms with Crippen LogP contribution >= 0.6 is 0 Å². The monoisotopic (exact) mass is 422 g/mol. The topological polar surface area (TPSA) is 89.3 Å². The number of ether oxygens (including phenoxy) is 1. The Balaban J connectivity index is 1.26. The van der Waals surface area contributed by atoms with Gasteiger partial charge in [0.25, 0.3) is 11.5 Å². The van der Waals surface area contributed by atoms with Crippen molar-refractivity contribution in [3.63, 3.8) is 0 Å². The van der Waals surface area contributed by atoms with Crippen molar-refractivity contribution in [3.05, 3.63) is 63.1 Å². The number of fused-ring (bicyclic) bond motifs is 1. The molecule has 5 rings (SSSR count). The molecule has 1 amide bonds. The van der Waals surface area contributed by atoms with Crippen LogP contribution in [0.15, 0.2) is 46.2 Å². The Bertz CT molecular complexity index is 1240. The molecule has 1 aliphatic heterocycles. The zero-order valence-corrected chi connectivity index (χ0v) is 17.5. The van der Waals surface area contributed by atoms with E-state index < -0.39 is 11.2 Å². The molecule has 0 radical (unpaired) electrons. The van der Waals surface area contributed by atoms with Gasteiger partial charge in [0.05, 0.1) is 5.52 Å². The van der Waals surface area contributed by atoms with Crippen LogP contribution in [0.5, 0.6) is 5.75 Å². The normalized spacial score (nSPS) is 17.3. The van der Waals surface area contributed by atoms with Gasteiger partial charge in [-0.3, -0.25) is 14.2 Å². The number of nitrogens with zero attached hydrogens (tertiary/aromatic N) is 3. The number of amides is 1. The van der Waals surface area contributed by atoms with Crippen molar-refractivity contribution in [2.45, 2.75) is 38.3 Å². The van der Waals surface area contributed by atoms with Gasteiger partial charge in [0, 0.05) is 57.3 Å². The van der Waals surface area contributed by atoms with Gasteiger partial charge in [-0.05, 0) is 37.0 Å². The van der Waals surface area contributed by atoms with E-state index in [1.54, 1.807) is 4.90 Å². The standard InChI is InChI=1S/C23H26N4O4/c1-25-21(28)18(13-24-23(25)30)22(29)26-10-7-16(8-11-26)31-20-4-2-3-19-17(20)9-12-27(19)14-15-5-6-15/h2-4,9,12-13,15-16H,5-8,10-11,14H2,1H3,(H,24,30). The van der Waals surface area contributed by atoms with E-state index in [9.17, 15) is 14.4 Å². The molecule has 1 N–H and O–H groups in total. The second-order valence-electron chi connectivity index (χ2n) is 8.58. The molecule has 3 aromatic rings. The van der Waals surface area contributed by atoms with E-state index in [1.165, 1.54) is 31.6 Å². The highest BCUT2D eigenvalue weighted by Gasteiger charge is 2.27. The second-order valence-corrected chi connectivity index (χ2v) is 8.58. The SMILES string of the molecule is Cn1c(=O)[nH]cc(C(=O)N2CCC(Oc3cccc4c3ccn4CC3CC3)CC2)c1=O. The van der Waals surface area contributed by atoms with Gasteiger partial charge in [-0.25, -0.2) is 4.79 Å². The number of aromatic amines is 1. The Morgan fingerprint density at radius 1 is 1.13 bits per heavy atom. The van der Waals surface area contributed by atoms with E-state index in [4.69, 9.17) is 4.74 Å². The number of likely N-dealkylation sites (tertiary alicyclic amines) is 1. The van der Waals surface area contributed by atoms with E-state index in [2.05, 4.69) is 27.9 Å². The molecule has 1 saturated heterocycles. The molecule has 0 unspecified atom stereocenters. The number of piperidine rings is 1. The van der Waals surface area contributed by atoms with Gasteiger partial charge in [-0.15, -0.1) is 0 Å². The maximum atomic E-state index is 12.8. The number of benzene rings is 1. The zero-order valence-electron chi connectivity index (χ0n) is 17.5. The summed E-state index contributed by atoms with van der Waals surface area (Å²) in [5, 5.41) is 1.12. The third kappa shape index (κ3) is 3.78. The summed E-state index contributed by atoms with van der Waals surface area (Å²) < 4.78 is 9.56. The Labute approximate surface area is 179 Å². The van der Waals surface area contributed by atoms with Crippen molar-refractivity contribution in [1.82, 2.24) is 19.0 Å². The van der Waals surface area contributed by atoms with Gasteiger partial charge >= 0.3 is 5.69 Å². The Morgan fingerprint density at radius 3 is 2.65 bits per heavy atom. The molecular weight excluding hydrogens is 396 g/mol. The fraction of sp³-hybridized carbons (Fsp3) is 0.435. The van der Waals surface area contributed by atoms with E-state index >= 15 is 0 Å². The first kappa shape index (κ1) is 19.7. The minimum Gasteiger partial charge on any atom is -0.490 e. The lowest BCUT2D eigenvalue weighted by molar-refractivity contribution is 0.0595. The first-order chi connectivity index (χ1) is 15.0. The highest BCUT2D eigenvalue weighted by atomic mass is 16.5. The Hall–Kier alpha value is -3.29. The molecule has 0 spiro atoms. The van der Waals surface area contributed by atoms with Gasteiger partial charge in [0.1, 0.15) is 17.4 Å². The second kappa shape index (κ2) is 7.76. The van der Waals surface area contributed by atoms with E-state index in [-0.39, 0.29) is 17.6 Å². The lowest BCUT2D eigenvalue weighted by atomic mass is 10.1. The summed E-state index contributed by atoms with van der Waals surface area (Å²) in [7, 11) is 1.36. The van der Waals surface area contributed by atoms with E-state index in [0.717, 1.165) is 28.2 Å². The largest absolute Gasteiger partial charge is 0.490 e. The van der Waals surface area contributed by atoms with Crippen LogP contribution in [0.25, 0.3) is 10.9 Å². The summed E-state index contributed by atoms with van der Waals surface area (Å²) in [5.74, 6) is 1.34. The van der Waals surface area contributed by atoms with Crippen LogP contribution in [0.3, 0.4) is 0 Å². The number of nitrogens with one attached hydrogen (secondary N) is 1. The number of aromatic nitrogens is 3. The number of carbonyl (C=O) groups excluding carboxylic acids is 1. The number of rotatable bonds is 5. The molecule has 8 heteroatoms. The van der Waals surface area contributed by atoms with Crippen molar-refractivity contribution in [2.75, 3.05) is 13.1 Å². The predicted octanol–water partition coefficient (Wildman–Crippen LogP) is 2.12.